The Kier molecular flexibility index (Phi) is 4.18. The number of nitrogens with one attached hydrogen (secondary N) is 1. The first-order chi connectivity index (χ1) is 13.5. The minimum Gasteiger partial charge on any atom is -0.496 e. The third-order valence-electron chi connectivity index (χ3n) is 3.41. The molecule has 2 rings (SSSR count). The zero-order valence-corrected chi connectivity index (χ0v) is 14.3. The molecule has 0 aliphatic carbocycles. The molecule has 0 aliphatic rings. The van der Waals surface area contributed by atoms with E-state index in [1.165, 1.54) is 12.1 Å². The van der Waals surface area contributed by atoms with E-state index in [0.29, 0.717) is 29.5 Å². The molecule has 124 valence electrons. The number of hydrogen-bond acceptors (Lipinski definition) is 4. The average Bonchev–Trinajstić information content (AvgIpc) is 2.60. The van der Waals surface area contributed by atoms with Crippen molar-refractivity contribution in [2.75, 3.05) is 27.7 Å². The minimum atomic E-state index is -2.63. The van der Waals surface area contributed by atoms with Crippen molar-refractivity contribution in [2.24, 2.45) is 0 Å². The summed E-state index contributed by atoms with van der Waals surface area (Å²) in [5.41, 5.74) is 1.49. The van der Waals surface area contributed by atoms with Gasteiger partial charge in [-0.05, 0) is 52.7 Å². The Morgan fingerprint density at radius 1 is 1.00 bits per heavy atom. The summed E-state index contributed by atoms with van der Waals surface area (Å²) in [5.74, 6) is 0.986. The first-order valence-electron chi connectivity index (χ1n) is 10.0. The summed E-state index contributed by atoms with van der Waals surface area (Å²) in [6.07, 6.45) is 0.394. The molecule has 0 unspecified atom stereocenters. The lowest BCUT2D eigenvalue weighted by atomic mass is 10.1. The zero-order chi connectivity index (χ0) is 21.7. The van der Waals surface area contributed by atoms with Crippen molar-refractivity contribution in [1.82, 2.24) is 5.32 Å². The van der Waals surface area contributed by atoms with Gasteiger partial charge in [-0.1, -0.05) is 18.2 Å². The molecule has 0 fully saturated rings. The fraction of sp³-hybridized carbons (Fsp3) is 0.333. The van der Waals surface area contributed by atoms with E-state index < -0.39 is 14.1 Å². The van der Waals surface area contributed by atoms with Gasteiger partial charge < -0.3 is 19.5 Å². The molecular weight excluding hydrogens is 358 g/mol. The van der Waals surface area contributed by atoms with Gasteiger partial charge in [0.25, 0.3) is 0 Å². The molecule has 0 aromatic heterocycles. The van der Waals surface area contributed by atoms with Crippen molar-refractivity contribution in [3.63, 3.8) is 0 Å². The highest BCUT2D eigenvalue weighted by atomic mass is 79.9. The van der Waals surface area contributed by atoms with Gasteiger partial charge in [0.05, 0.1) is 33.9 Å². The molecule has 5 heteroatoms. The third-order valence-corrected chi connectivity index (χ3v) is 4.03. The number of benzene rings is 2. The number of methoxy groups -OCH3 is 3. The molecule has 0 atom stereocenters. The van der Waals surface area contributed by atoms with E-state index in [1.54, 1.807) is 7.11 Å². The standard InChI is InChI=1S/C18H22BrNO3/c1-21-16-7-5-4-6-14(16)12-20-9-8-13-10-18(23-3)15(19)11-17(13)22-2/h4-7,10-11,20H,8-9,12H2,1-3H3/i2D3,3D3. The van der Waals surface area contributed by atoms with Crippen LogP contribution in [0.3, 0.4) is 0 Å². The SMILES string of the molecule is [2H]C([2H])([2H])Oc1cc(CCNCc2ccccc2OC)c(OC([2H])([2H])[2H])cc1Br. The number of halogens is 1. The largest absolute Gasteiger partial charge is 0.496 e. The van der Waals surface area contributed by atoms with Crippen molar-refractivity contribution in [3.8, 4) is 17.2 Å². The van der Waals surface area contributed by atoms with Crippen LogP contribution in [0, 0.1) is 0 Å². The second kappa shape index (κ2) is 8.79. The van der Waals surface area contributed by atoms with Gasteiger partial charge in [-0.2, -0.15) is 0 Å². The molecule has 0 spiro atoms. The molecule has 0 saturated heterocycles. The highest BCUT2D eigenvalue weighted by Crippen LogP contribution is 2.32. The van der Waals surface area contributed by atoms with Crippen LogP contribution in [0.5, 0.6) is 17.2 Å². The summed E-state index contributed by atoms with van der Waals surface area (Å²) >= 11 is 3.20. The lowest BCUT2D eigenvalue weighted by molar-refractivity contribution is 0.396. The molecule has 23 heavy (non-hydrogen) atoms. The Bertz CT molecular complexity index is 826. The van der Waals surface area contributed by atoms with Gasteiger partial charge in [-0.15, -0.1) is 0 Å². The van der Waals surface area contributed by atoms with Crippen molar-refractivity contribution >= 4 is 15.9 Å². The highest BCUT2D eigenvalue weighted by Gasteiger charge is 2.09. The molecule has 0 radical (unpaired) electrons. The van der Waals surface area contributed by atoms with E-state index in [9.17, 15) is 0 Å². The Morgan fingerprint density at radius 3 is 2.57 bits per heavy atom. The van der Waals surface area contributed by atoms with Gasteiger partial charge in [0.1, 0.15) is 17.2 Å². The number of para-hydroxylation sites is 1. The van der Waals surface area contributed by atoms with Gasteiger partial charge in [0, 0.05) is 12.1 Å². The van der Waals surface area contributed by atoms with E-state index >= 15 is 0 Å². The molecule has 0 bridgehead atoms. The lowest BCUT2D eigenvalue weighted by Gasteiger charge is -2.13. The van der Waals surface area contributed by atoms with Crippen LogP contribution in [0.2, 0.25) is 0 Å². The van der Waals surface area contributed by atoms with Crippen LogP contribution < -0.4 is 19.5 Å². The molecule has 1 N–H and O–H groups in total. The maximum absolute atomic E-state index is 7.35. The summed E-state index contributed by atoms with van der Waals surface area (Å²) in [6.45, 7) is 1.04. The summed E-state index contributed by atoms with van der Waals surface area (Å²) < 4.78 is 59.6. The second-order valence-corrected chi connectivity index (χ2v) is 5.69. The molecular formula is C18H22BrNO3. The van der Waals surface area contributed by atoms with Gasteiger partial charge in [-0.3, -0.25) is 0 Å². The fourth-order valence-electron chi connectivity index (χ4n) is 2.24. The van der Waals surface area contributed by atoms with Crippen LogP contribution in [0.4, 0.5) is 0 Å². The molecule has 2 aromatic rings. The number of rotatable bonds is 8. The Labute approximate surface area is 154 Å². The lowest BCUT2D eigenvalue weighted by Crippen LogP contribution is -2.17. The maximum Gasteiger partial charge on any atom is 0.133 e. The molecule has 4 nitrogen and oxygen atoms in total. The van der Waals surface area contributed by atoms with Crippen LogP contribution in [0.15, 0.2) is 40.9 Å². The Hall–Kier alpha value is -1.72. The normalized spacial score (nSPS) is 15.4. The predicted octanol–water partition coefficient (Wildman–Crippen LogP) is 3.81. The summed E-state index contributed by atoms with van der Waals surface area (Å²) in [7, 11) is -3.66. The Balaban J connectivity index is 2.14. The van der Waals surface area contributed by atoms with Crippen molar-refractivity contribution < 1.29 is 22.4 Å². The molecule has 0 amide bonds. The van der Waals surface area contributed by atoms with Crippen LogP contribution in [-0.4, -0.2) is 27.7 Å². The monoisotopic (exact) mass is 385 g/mol. The van der Waals surface area contributed by atoms with Crippen LogP contribution in [-0.2, 0) is 13.0 Å². The summed E-state index contributed by atoms with van der Waals surface area (Å²) in [6, 6.07) is 10.5. The van der Waals surface area contributed by atoms with Gasteiger partial charge in [0.2, 0.25) is 0 Å². The molecule has 0 heterocycles. The minimum absolute atomic E-state index is 0.0858. The molecule has 2 aromatic carbocycles. The Morgan fingerprint density at radius 2 is 1.78 bits per heavy atom. The van der Waals surface area contributed by atoms with Crippen LogP contribution in [0.1, 0.15) is 19.4 Å². The molecule has 0 aliphatic heterocycles. The van der Waals surface area contributed by atoms with Crippen LogP contribution >= 0.6 is 15.9 Å². The zero-order valence-electron chi connectivity index (χ0n) is 18.7. The maximum atomic E-state index is 7.35. The van der Waals surface area contributed by atoms with Crippen molar-refractivity contribution in [2.45, 2.75) is 13.0 Å². The summed E-state index contributed by atoms with van der Waals surface area (Å²) in [5, 5.41) is 3.26. The van der Waals surface area contributed by atoms with E-state index in [1.807, 2.05) is 24.3 Å². The van der Waals surface area contributed by atoms with E-state index in [-0.39, 0.29) is 11.5 Å². The summed E-state index contributed by atoms with van der Waals surface area (Å²) in [4.78, 5) is 0. The van der Waals surface area contributed by atoms with E-state index in [0.717, 1.165) is 11.3 Å². The van der Waals surface area contributed by atoms with Crippen molar-refractivity contribution in [3.05, 3.63) is 52.0 Å². The van der Waals surface area contributed by atoms with Crippen LogP contribution in [0.25, 0.3) is 0 Å². The van der Waals surface area contributed by atoms with Gasteiger partial charge in [-0.25, -0.2) is 0 Å². The average molecular weight is 386 g/mol. The number of hydrogen-bond donors (Lipinski definition) is 1. The number of ether oxygens (including phenoxy) is 3. The highest BCUT2D eigenvalue weighted by molar-refractivity contribution is 9.10. The fourth-order valence-corrected chi connectivity index (χ4v) is 2.64. The van der Waals surface area contributed by atoms with Crippen molar-refractivity contribution in [1.29, 1.82) is 0 Å². The third kappa shape index (κ3) is 4.62. The first kappa shape index (κ1) is 10.9. The smallest absolute Gasteiger partial charge is 0.133 e. The van der Waals surface area contributed by atoms with Gasteiger partial charge >= 0.3 is 0 Å². The molecule has 0 saturated carbocycles. The second-order valence-electron chi connectivity index (χ2n) is 4.83. The van der Waals surface area contributed by atoms with Gasteiger partial charge in [0.15, 0.2) is 0 Å². The predicted molar refractivity (Wildman–Crippen MR) is 95.7 cm³/mol. The quantitative estimate of drug-likeness (QED) is 0.701. The topological polar surface area (TPSA) is 39.7 Å². The van der Waals surface area contributed by atoms with E-state index in [2.05, 4.69) is 21.2 Å². The first-order valence-corrected chi connectivity index (χ1v) is 7.81. The van der Waals surface area contributed by atoms with E-state index in [4.69, 9.17) is 22.4 Å².